The van der Waals surface area contributed by atoms with Crippen molar-refractivity contribution in [1.82, 2.24) is 40.8 Å². The number of carbonyl (C=O) groups is 4. The molecule has 0 spiro atoms. The maximum Gasteiger partial charge on any atom is 0.481 e. The van der Waals surface area contributed by atoms with E-state index in [0.29, 0.717) is 23.8 Å². The van der Waals surface area contributed by atoms with E-state index in [4.69, 9.17) is 19.5 Å². The second-order valence-corrected chi connectivity index (χ2v) is 21.8. The van der Waals surface area contributed by atoms with Gasteiger partial charge in [0.25, 0.3) is 0 Å². The fourth-order valence-corrected chi connectivity index (χ4v) is 11.7. The third-order valence-corrected chi connectivity index (χ3v) is 15.4. The highest BCUT2D eigenvalue weighted by Crippen LogP contribution is 2.61. The van der Waals surface area contributed by atoms with Crippen LogP contribution in [0.1, 0.15) is 52.2 Å². The number of ether oxygens (including phenoxy) is 1. The van der Waals surface area contributed by atoms with Gasteiger partial charge in [0.15, 0.2) is 22.8 Å². The number of urea groups is 1. The van der Waals surface area contributed by atoms with Crippen molar-refractivity contribution >= 4 is 86.9 Å². The van der Waals surface area contributed by atoms with E-state index in [-0.39, 0.29) is 59.7 Å². The lowest BCUT2D eigenvalue weighted by molar-refractivity contribution is -0.137. The van der Waals surface area contributed by atoms with E-state index in [9.17, 15) is 62.7 Å². The number of imidazole rings is 1. The molecule has 10 atom stereocenters. The number of nitrogens with one attached hydrogen (secondary N) is 4. The van der Waals surface area contributed by atoms with E-state index in [0.717, 1.165) is 47.6 Å². The minimum atomic E-state index is -5.58. The summed E-state index contributed by atoms with van der Waals surface area (Å²) < 4.78 is 62.3. The zero-order valence-electron chi connectivity index (χ0n) is 33.7. The molecule has 12 N–H and O–H groups in total. The molecule has 3 unspecified atom stereocenters. The largest absolute Gasteiger partial charge is 0.481 e. The Labute approximate surface area is 367 Å². The molecule has 5 rings (SSSR count). The monoisotopic (exact) mass is 993 g/mol. The quantitative estimate of drug-likeness (QED) is 0.0355. The maximum absolute atomic E-state index is 12.7. The van der Waals surface area contributed by atoms with Crippen LogP contribution in [-0.2, 0) is 50.7 Å². The summed E-state index contributed by atoms with van der Waals surface area (Å²) in [5, 5.41) is 32.7. The molecule has 3 saturated heterocycles. The average Bonchev–Trinajstić information content (AvgIpc) is 3.96. The Morgan fingerprint density at radius 1 is 1.06 bits per heavy atom. The number of fused-ring (bicyclic) bond motifs is 2. The maximum atomic E-state index is 12.7. The van der Waals surface area contributed by atoms with Gasteiger partial charge in [-0.1, -0.05) is 32.0 Å². The molecular formula is C31H50N9O18P3S2. The summed E-state index contributed by atoms with van der Waals surface area (Å²) in [6, 6.07) is 0.132. The van der Waals surface area contributed by atoms with Crippen LogP contribution in [0.4, 0.5) is 10.6 Å². The van der Waals surface area contributed by atoms with Crippen molar-refractivity contribution in [3.8, 4) is 0 Å². The molecule has 0 aliphatic carbocycles. The summed E-state index contributed by atoms with van der Waals surface area (Å²) in [5.74, 6) is -0.262. The number of phosphoric ester groups is 3. The van der Waals surface area contributed by atoms with Crippen molar-refractivity contribution < 1.29 is 85.3 Å². The van der Waals surface area contributed by atoms with Crippen LogP contribution in [0.15, 0.2) is 12.7 Å². The minimum absolute atomic E-state index is 0.00559. The predicted molar refractivity (Wildman–Crippen MR) is 221 cm³/mol. The zero-order valence-corrected chi connectivity index (χ0v) is 38.0. The molecule has 3 aliphatic heterocycles. The topological polar surface area (TPSA) is 405 Å². The normalized spacial score (nSPS) is 26.0. The highest BCUT2D eigenvalue weighted by Gasteiger charge is 2.50. The van der Waals surface area contributed by atoms with Crippen molar-refractivity contribution in [2.45, 2.75) is 93.9 Å². The molecule has 32 heteroatoms. The molecule has 5 heterocycles. The number of unbranched alkanes of at least 4 members (excludes halogenated alkanes) is 1. The van der Waals surface area contributed by atoms with Gasteiger partial charge in [0.05, 0.1) is 31.6 Å². The Hall–Kier alpha value is -2.82. The highest BCUT2D eigenvalue weighted by atomic mass is 32.2. The van der Waals surface area contributed by atoms with Gasteiger partial charge in [0, 0.05) is 48.1 Å². The zero-order chi connectivity index (χ0) is 46.3. The minimum Gasteiger partial charge on any atom is -0.386 e. The summed E-state index contributed by atoms with van der Waals surface area (Å²) in [6.07, 6.45) is -4.12. The van der Waals surface area contributed by atoms with Gasteiger partial charge in [-0.2, -0.15) is 16.1 Å². The summed E-state index contributed by atoms with van der Waals surface area (Å²) >= 11 is 2.91. The first-order chi connectivity index (χ1) is 29.4. The fraction of sp³-hybridized carbons (Fsp3) is 0.710. The molecule has 354 valence electrons. The van der Waals surface area contributed by atoms with E-state index in [1.807, 2.05) is 11.8 Å². The van der Waals surface area contributed by atoms with Crippen LogP contribution < -0.4 is 27.0 Å². The molecule has 0 saturated carbocycles. The van der Waals surface area contributed by atoms with Crippen LogP contribution in [0.3, 0.4) is 0 Å². The number of aliphatic hydroxyl groups excluding tert-OH is 2. The average molecular weight is 994 g/mol. The van der Waals surface area contributed by atoms with E-state index < -0.39 is 84.6 Å². The van der Waals surface area contributed by atoms with Crippen molar-refractivity contribution in [1.29, 1.82) is 0 Å². The van der Waals surface area contributed by atoms with Crippen molar-refractivity contribution in [3.05, 3.63) is 12.7 Å². The number of nitrogens with two attached hydrogens (primary N) is 1. The number of nitrogen functional groups attached to an aromatic ring is 1. The summed E-state index contributed by atoms with van der Waals surface area (Å²) in [5.41, 5.74) is 4.25. The lowest BCUT2D eigenvalue weighted by Gasteiger charge is -2.30. The molecule has 4 amide bonds. The Balaban J connectivity index is 0.979. The number of amides is 4. The van der Waals surface area contributed by atoms with Crippen LogP contribution in [0.25, 0.3) is 11.2 Å². The molecule has 3 fully saturated rings. The predicted octanol–water partition coefficient (Wildman–Crippen LogP) is -0.609. The summed E-state index contributed by atoms with van der Waals surface area (Å²) in [4.78, 5) is 99.8. The number of aromatic nitrogens is 4. The molecule has 0 radical (unpaired) electrons. The summed E-state index contributed by atoms with van der Waals surface area (Å²) in [7, 11) is -16.4. The Bertz CT molecular complexity index is 2120. The number of nitrogens with zero attached hydrogens (tertiary/aromatic N) is 4. The Morgan fingerprint density at radius 2 is 1.79 bits per heavy atom. The smallest absolute Gasteiger partial charge is 0.386 e. The lowest BCUT2D eigenvalue weighted by Crippen LogP contribution is -2.46. The van der Waals surface area contributed by atoms with Gasteiger partial charge in [-0.25, -0.2) is 33.4 Å². The second-order valence-electron chi connectivity index (χ2n) is 15.2. The van der Waals surface area contributed by atoms with E-state index in [2.05, 4.69) is 45.1 Å². The first kappa shape index (κ1) is 51.2. The van der Waals surface area contributed by atoms with Crippen molar-refractivity contribution in [2.75, 3.05) is 43.5 Å². The van der Waals surface area contributed by atoms with Gasteiger partial charge >= 0.3 is 29.5 Å². The van der Waals surface area contributed by atoms with Gasteiger partial charge in [-0.3, -0.25) is 32.5 Å². The van der Waals surface area contributed by atoms with Crippen LogP contribution in [0.2, 0.25) is 0 Å². The van der Waals surface area contributed by atoms with Crippen LogP contribution >= 0.6 is 47.0 Å². The van der Waals surface area contributed by atoms with Gasteiger partial charge in [0.2, 0.25) is 11.8 Å². The molecule has 2 aromatic heterocycles. The number of phosphoric acid groups is 3. The van der Waals surface area contributed by atoms with Crippen LogP contribution in [-0.4, -0.2) is 152 Å². The number of aliphatic hydroxyl groups is 2. The third kappa shape index (κ3) is 14.6. The second kappa shape index (κ2) is 21.7. The van der Waals surface area contributed by atoms with E-state index in [1.54, 1.807) is 0 Å². The number of anilines is 1. The molecule has 0 bridgehead atoms. The van der Waals surface area contributed by atoms with E-state index >= 15 is 0 Å². The number of hydrogen-bond donors (Lipinski definition) is 11. The fourth-order valence-electron chi connectivity index (χ4n) is 6.63. The molecule has 3 aliphatic rings. The first-order valence-corrected chi connectivity index (χ1v) is 25.7. The lowest BCUT2D eigenvalue weighted by atomic mass is 9.87. The third-order valence-electron chi connectivity index (χ3n) is 9.82. The Morgan fingerprint density at radius 3 is 2.52 bits per heavy atom. The van der Waals surface area contributed by atoms with Crippen molar-refractivity contribution in [3.63, 3.8) is 0 Å². The number of thioether (sulfide) groups is 2. The van der Waals surface area contributed by atoms with Gasteiger partial charge in [0.1, 0.15) is 36.3 Å². The van der Waals surface area contributed by atoms with Gasteiger partial charge in [-0.15, -0.1) is 0 Å². The van der Waals surface area contributed by atoms with Crippen LogP contribution in [0, 0.1) is 5.41 Å². The van der Waals surface area contributed by atoms with Gasteiger partial charge in [-0.05, 0) is 12.8 Å². The number of hydrogen-bond acceptors (Lipinski definition) is 20. The molecule has 2 aromatic rings. The number of rotatable bonds is 24. The van der Waals surface area contributed by atoms with Crippen LogP contribution in [0.5, 0.6) is 0 Å². The van der Waals surface area contributed by atoms with E-state index in [1.165, 1.54) is 13.8 Å². The SMILES string of the molecule is CC(C)(COP(=O)(O)OP(=O)(O)OC[C@H]1O[C@@H](n2cnc3c(N)ncnc32)[C@H](O)[C@@H]1OP(=O)(O)O)C(O)C(=O)NCCC(=O)NCCSC(=O)CCCC[C@H]1SC[C@H]2NC(=O)N[C@H]21. The highest BCUT2D eigenvalue weighted by molar-refractivity contribution is 8.13. The molecular weight excluding hydrogens is 943 g/mol. The number of carbonyl (C=O) groups excluding carboxylic acids is 4. The standard InChI is InChI=1S/C31H50N9O18P3S2/c1-31(2,25(44)28(45)34-8-7-19(41)33-9-10-62-20(42)6-4-3-5-18-21-16(12-63-18)38-30(46)39-21)13-55-61(52,53)58-60(50,51)54-11-17-24(57-59(47,48)49)23(43)29(56-17)40-15-37-22-26(32)35-14-36-27(22)40/h14-18,21,23-25,29,43-44H,3-13H2,1-2H3,(H,33,41)(H,34,45)(H,50,51)(H,52,53)(H2,32,35,36)(H2,38,39,46)(H2,47,48,49)/t16-,17-,18-,21-,23-,24-,25?,29-/m1/s1. The Kier molecular flexibility index (Phi) is 17.6. The first-order valence-electron chi connectivity index (χ1n) is 19.2. The molecule has 0 aromatic carbocycles. The van der Waals surface area contributed by atoms with Gasteiger partial charge < -0.3 is 61.5 Å². The van der Waals surface area contributed by atoms with Crippen molar-refractivity contribution in [2.24, 2.45) is 5.41 Å². The summed E-state index contributed by atoms with van der Waals surface area (Å²) in [6.45, 7) is 0.455. The molecule has 27 nitrogen and oxygen atoms in total. The molecule has 63 heavy (non-hydrogen) atoms.